The average molecular weight is 299 g/mol. The average Bonchev–Trinajstić information content (AvgIpc) is 3.25. The zero-order valence-corrected chi connectivity index (χ0v) is 13.5. The van der Waals surface area contributed by atoms with Crippen molar-refractivity contribution in [2.75, 3.05) is 26.3 Å². The Kier molecular flexibility index (Phi) is 6.93. The molecule has 2 aliphatic rings. The van der Waals surface area contributed by atoms with Gasteiger partial charge >= 0.3 is 0 Å². The molecule has 0 aromatic carbocycles. The largest absolute Gasteiger partial charge is 0.396 e. The highest BCUT2D eigenvalue weighted by Gasteiger charge is 2.41. The maximum Gasteiger partial charge on any atom is 0.0897 e. The highest BCUT2D eigenvalue weighted by Crippen LogP contribution is 2.47. The van der Waals surface area contributed by atoms with Gasteiger partial charge in [-0.1, -0.05) is 26.2 Å². The lowest BCUT2D eigenvalue weighted by molar-refractivity contribution is -0.0500. The fraction of sp³-hybridized carbons (Fsp3) is 1.00. The lowest BCUT2D eigenvalue weighted by atomic mass is 9.85. The van der Waals surface area contributed by atoms with Crippen molar-refractivity contribution in [2.24, 2.45) is 11.3 Å². The van der Waals surface area contributed by atoms with Crippen LogP contribution in [0.1, 0.15) is 58.3 Å². The van der Waals surface area contributed by atoms with E-state index in [1.165, 1.54) is 38.5 Å². The van der Waals surface area contributed by atoms with E-state index >= 15 is 0 Å². The number of hydrogen-bond acceptors (Lipinski definition) is 4. The summed E-state index contributed by atoms with van der Waals surface area (Å²) in [5.74, 6) is 0.679. The summed E-state index contributed by atoms with van der Waals surface area (Å²) in [6.07, 6.45) is 9.42. The fourth-order valence-electron chi connectivity index (χ4n) is 3.59. The molecule has 2 fully saturated rings. The van der Waals surface area contributed by atoms with Gasteiger partial charge in [0.25, 0.3) is 0 Å². The Morgan fingerprint density at radius 1 is 1.29 bits per heavy atom. The first-order valence-electron chi connectivity index (χ1n) is 8.80. The molecule has 0 aromatic rings. The molecule has 0 radical (unpaired) electrons. The van der Waals surface area contributed by atoms with Crippen molar-refractivity contribution in [3.8, 4) is 0 Å². The summed E-state index contributed by atoms with van der Waals surface area (Å²) < 4.78 is 5.96. The van der Waals surface area contributed by atoms with Crippen LogP contribution in [0.5, 0.6) is 0 Å². The molecule has 0 spiro atoms. The van der Waals surface area contributed by atoms with Gasteiger partial charge in [-0.15, -0.1) is 0 Å². The van der Waals surface area contributed by atoms with Gasteiger partial charge in [0, 0.05) is 19.7 Å². The summed E-state index contributed by atoms with van der Waals surface area (Å²) in [4.78, 5) is 0. The molecular weight excluding hydrogens is 266 g/mol. The van der Waals surface area contributed by atoms with Crippen LogP contribution in [-0.2, 0) is 4.74 Å². The van der Waals surface area contributed by atoms with Crippen LogP contribution in [0.2, 0.25) is 0 Å². The Hall–Kier alpha value is -0.160. The van der Waals surface area contributed by atoms with Crippen molar-refractivity contribution in [3.05, 3.63) is 0 Å². The van der Waals surface area contributed by atoms with Gasteiger partial charge < -0.3 is 20.3 Å². The quantitative estimate of drug-likeness (QED) is 0.578. The normalized spacial score (nSPS) is 29.3. The summed E-state index contributed by atoms with van der Waals surface area (Å²) in [6.45, 7) is 4.46. The molecular formula is C17H33NO3. The van der Waals surface area contributed by atoms with Gasteiger partial charge in [0.1, 0.15) is 0 Å². The number of nitrogens with one attached hydrogen (secondary N) is 1. The summed E-state index contributed by atoms with van der Waals surface area (Å²) in [5, 5.41) is 22.4. The standard InChI is InChI=1S/C17H33NO3/c1-2-14-5-3-4-6-16(14)21-12-15(20)11-18-13-17(7-8-17)9-10-19/h14-16,18-20H,2-13H2,1H3. The molecule has 3 unspecified atom stereocenters. The molecule has 2 aliphatic carbocycles. The van der Waals surface area contributed by atoms with Crippen LogP contribution >= 0.6 is 0 Å². The van der Waals surface area contributed by atoms with E-state index in [9.17, 15) is 5.11 Å². The molecule has 0 aliphatic heterocycles. The van der Waals surface area contributed by atoms with Crippen LogP contribution in [-0.4, -0.2) is 48.7 Å². The van der Waals surface area contributed by atoms with E-state index in [1.54, 1.807) is 0 Å². The molecule has 0 aromatic heterocycles. The molecule has 21 heavy (non-hydrogen) atoms. The van der Waals surface area contributed by atoms with Crippen molar-refractivity contribution in [2.45, 2.75) is 70.5 Å². The first-order chi connectivity index (χ1) is 10.2. The Bertz CT molecular complexity index is 294. The topological polar surface area (TPSA) is 61.7 Å². The zero-order chi connectivity index (χ0) is 15.1. The highest BCUT2D eigenvalue weighted by atomic mass is 16.5. The summed E-state index contributed by atoms with van der Waals surface area (Å²) in [7, 11) is 0. The zero-order valence-electron chi connectivity index (χ0n) is 13.5. The van der Waals surface area contributed by atoms with E-state index in [2.05, 4.69) is 12.2 Å². The third-order valence-corrected chi connectivity index (χ3v) is 5.35. The molecule has 4 nitrogen and oxygen atoms in total. The molecule has 3 N–H and O–H groups in total. The lowest BCUT2D eigenvalue weighted by Crippen LogP contribution is -2.37. The van der Waals surface area contributed by atoms with E-state index in [1.807, 2.05) is 0 Å². The molecule has 0 bridgehead atoms. The number of ether oxygens (including phenoxy) is 1. The minimum Gasteiger partial charge on any atom is -0.396 e. The van der Waals surface area contributed by atoms with Crippen LogP contribution in [0.4, 0.5) is 0 Å². The molecule has 0 amide bonds. The van der Waals surface area contributed by atoms with Crippen LogP contribution < -0.4 is 5.32 Å². The molecule has 4 heteroatoms. The van der Waals surface area contributed by atoms with Crippen LogP contribution in [0.3, 0.4) is 0 Å². The molecule has 2 saturated carbocycles. The minimum absolute atomic E-state index is 0.271. The molecule has 3 atom stereocenters. The summed E-state index contributed by atoms with van der Waals surface area (Å²) >= 11 is 0. The van der Waals surface area contributed by atoms with Crippen LogP contribution in [0.25, 0.3) is 0 Å². The molecule has 2 rings (SSSR count). The number of hydrogen-bond donors (Lipinski definition) is 3. The van der Waals surface area contributed by atoms with Gasteiger partial charge in [-0.05, 0) is 43.4 Å². The Morgan fingerprint density at radius 2 is 2.05 bits per heavy atom. The third kappa shape index (κ3) is 5.51. The molecule has 0 saturated heterocycles. The number of aliphatic hydroxyl groups excluding tert-OH is 2. The van der Waals surface area contributed by atoms with E-state index in [0.29, 0.717) is 30.6 Å². The second-order valence-electron chi connectivity index (χ2n) is 7.08. The minimum atomic E-state index is -0.422. The number of rotatable bonds is 10. The smallest absolute Gasteiger partial charge is 0.0897 e. The van der Waals surface area contributed by atoms with Crippen molar-refractivity contribution >= 4 is 0 Å². The first-order valence-corrected chi connectivity index (χ1v) is 8.80. The van der Waals surface area contributed by atoms with Crippen molar-refractivity contribution in [1.82, 2.24) is 5.32 Å². The molecule has 0 heterocycles. The van der Waals surface area contributed by atoms with Crippen LogP contribution in [0, 0.1) is 11.3 Å². The van der Waals surface area contributed by atoms with E-state index in [-0.39, 0.29) is 6.61 Å². The number of aliphatic hydroxyl groups is 2. The monoisotopic (exact) mass is 299 g/mol. The Balaban J connectivity index is 1.57. The van der Waals surface area contributed by atoms with E-state index in [4.69, 9.17) is 9.84 Å². The van der Waals surface area contributed by atoms with Gasteiger partial charge in [-0.3, -0.25) is 0 Å². The van der Waals surface area contributed by atoms with Crippen molar-refractivity contribution in [1.29, 1.82) is 0 Å². The second kappa shape index (κ2) is 8.47. The molecule has 124 valence electrons. The summed E-state index contributed by atoms with van der Waals surface area (Å²) in [6, 6.07) is 0. The van der Waals surface area contributed by atoms with Gasteiger partial charge in [-0.2, -0.15) is 0 Å². The maximum absolute atomic E-state index is 10.0. The van der Waals surface area contributed by atoms with Crippen molar-refractivity contribution < 1.29 is 14.9 Å². The third-order valence-electron chi connectivity index (χ3n) is 5.35. The van der Waals surface area contributed by atoms with Crippen molar-refractivity contribution in [3.63, 3.8) is 0 Å². The highest BCUT2D eigenvalue weighted by molar-refractivity contribution is 4.94. The van der Waals surface area contributed by atoms with E-state index < -0.39 is 6.10 Å². The van der Waals surface area contributed by atoms with Gasteiger partial charge in [0.2, 0.25) is 0 Å². The summed E-state index contributed by atoms with van der Waals surface area (Å²) in [5.41, 5.74) is 0.312. The fourth-order valence-corrected chi connectivity index (χ4v) is 3.59. The first kappa shape index (κ1) is 17.2. The Labute approximate surface area is 129 Å². The van der Waals surface area contributed by atoms with E-state index in [0.717, 1.165) is 19.4 Å². The second-order valence-corrected chi connectivity index (χ2v) is 7.08. The SMILES string of the molecule is CCC1CCCCC1OCC(O)CNCC1(CCO)CC1. The Morgan fingerprint density at radius 3 is 2.71 bits per heavy atom. The predicted octanol–water partition coefficient (Wildman–Crippen LogP) is 2.08. The lowest BCUT2D eigenvalue weighted by Gasteiger charge is -2.31. The predicted molar refractivity (Wildman–Crippen MR) is 84.2 cm³/mol. The van der Waals surface area contributed by atoms with Gasteiger partial charge in [-0.25, -0.2) is 0 Å². The van der Waals surface area contributed by atoms with Gasteiger partial charge in [0.05, 0.1) is 18.8 Å². The van der Waals surface area contributed by atoms with Gasteiger partial charge in [0.15, 0.2) is 0 Å². The van der Waals surface area contributed by atoms with Crippen LogP contribution in [0.15, 0.2) is 0 Å². The maximum atomic E-state index is 10.0.